The molecule has 0 saturated heterocycles. The average Bonchev–Trinajstić information content (AvgIpc) is 3.07. The van der Waals surface area contributed by atoms with E-state index in [-0.39, 0.29) is 11.9 Å². The summed E-state index contributed by atoms with van der Waals surface area (Å²) in [7, 11) is 0. The van der Waals surface area contributed by atoms with Crippen molar-refractivity contribution in [1.29, 1.82) is 0 Å². The zero-order valence-corrected chi connectivity index (χ0v) is 16.1. The highest BCUT2D eigenvalue weighted by Gasteiger charge is 2.19. The van der Waals surface area contributed by atoms with Crippen LogP contribution < -0.4 is 5.32 Å². The van der Waals surface area contributed by atoms with Gasteiger partial charge < -0.3 is 9.88 Å². The van der Waals surface area contributed by atoms with E-state index >= 15 is 0 Å². The molecule has 0 bridgehead atoms. The molecule has 3 aromatic carbocycles. The van der Waals surface area contributed by atoms with Crippen LogP contribution in [0, 0.1) is 6.92 Å². The lowest BCUT2D eigenvalue weighted by Crippen LogP contribution is -2.28. The van der Waals surface area contributed by atoms with Crippen LogP contribution in [0.5, 0.6) is 0 Å². The molecule has 1 amide bonds. The van der Waals surface area contributed by atoms with Crippen LogP contribution in [0.3, 0.4) is 0 Å². The molecule has 4 nitrogen and oxygen atoms in total. The number of benzene rings is 3. The monoisotopic (exact) mass is 369 g/mol. The number of aromatic nitrogens is 2. The SMILES string of the molecule is Cc1cccc(C(=O)N[C@@H](C)c2nc3ccccc3n2Cc2ccccc2)c1. The minimum absolute atomic E-state index is 0.0884. The fourth-order valence-corrected chi connectivity index (χ4v) is 3.49. The van der Waals surface area contributed by atoms with E-state index in [9.17, 15) is 4.79 Å². The van der Waals surface area contributed by atoms with E-state index in [0.717, 1.165) is 22.4 Å². The van der Waals surface area contributed by atoms with Gasteiger partial charge in [0, 0.05) is 12.1 Å². The maximum Gasteiger partial charge on any atom is 0.251 e. The molecule has 1 heterocycles. The summed E-state index contributed by atoms with van der Waals surface area (Å²) in [6.07, 6.45) is 0. The van der Waals surface area contributed by atoms with Gasteiger partial charge >= 0.3 is 0 Å². The Bertz CT molecular complexity index is 1120. The molecular formula is C24H23N3O. The first-order valence-electron chi connectivity index (χ1n) is 9.48. The second-order valence-electron chi connectivity index (χ2n) is 7.10. The number of hydrogen-bond donors (Lipinski definition) is 1. The van der Waals surface area contributed by atoms with Gasteiger partial charge in [0.15, 0.2) is 0 Å². The standard InChI is InChI=1S/C24H23N3O/c1-17-9-8-12-20(15-17)24(28)25-18(2)23-26-21-13-6-7-14-22(21)27(23)16-19-10-4-3-5-11-19/h3-15,18H,16H2,1-2H3,(H,25,28)/t18-/m0/s1. The fraction of sp³-hybridized carbons (Fsp3) is 0.167. The van der Waals surface area contributed by atoms with Crippen LogP contribution in [0.25, 0.3) is 11.0 Å². The van der Waals surface area contributed by atoms with Crippen molar-refractivity contribution in [3.8, 4) is 0 Å². The summed E-state index contributed by atoms with van der Waals surface area (Å²) in [5.41, 5.74) is 4.93. The Morgan fingerprint density at radius 3 is 2.54 bits per heavy atom. The van der Waals surface area contributed by atoms with E-state index in [0.29, 0.717) is 12.1 Å². The second kappa shape index (κ2) is 7.69. The zero-order chi connectivity index (χ0) is 19.5. The molecule has 0 saturated carbocycles. The molecule has 0 spiro atoms. The first-order chi connectivity index (χ1) is 13.6. The smallest absolute Gasteiger partial charge is 0.251 e. The Morgan fingerprint density at radius 2 is 1.75 bits per heavy atom. The van der Waals surface area contributed by atoms with Crippen molar-refractivity contribution in [3.63, 3.8) is 0 Å². The van der Waals surface area contributed by atoms with Gasteiger partial charge in [0.05, 0.1) is 17.1 Å². The van der Waals surface area contributed by atoms with Gasteiger partial charge in [-0.05, 0) is 43.7 Å². The fourth-order valence-electron chi connectivity index (χ4n) is 3.49. The van der Waals surface area contributed by atoms with Crippen LogP contribution in [-0.2, 0) is 6.54 Å². The van der Waals surface area contributed by atoms with E-state index in [1.165, 1.54) is 5.56 Å². The predicted molar refractivity (Wildman–Crippen MR) is 112 cm³/mol. The molecule has 1 N–H and O–H groups in total. The van der Waals surface area contributed by atoms with Crippen LogP contribution in [0.4, 0.5) is 0 Å². The van der Waals surface area contributed by atoms with Crippen LogP contribution in [0.15, 0.2) is 78.9 Å². The van der Waals surface area contributed by atoms with Crippen molar-refractivity contribution in [2.45, 2.75) is 26.4 Å². The van der Waals surface area contributed by atoms with Gasteiger partial charge in [0.2, 0.25) is 0 Å². The number of hydrogen-bond acceptors (Lipinski definition) is 2. The number of rotatable bonds is 5. The highest BCUT2D eigenvalue weighted by atomic mass is 16.1. The van der Waals surface area contributed by atoms with Crippen LogP contribution in [0.1, 0.15) is 40.3 Å². The van der Waals surface area contributed by atoms with Gasteiger partial charge in [0.25, 0.3) is 5.91 Å². The summed E-state index contributed by atoms with van der Waals surface area (Å²) >= 11 is 0. The topological polar surface area (TPSA) is 46.9 Å². The Labute approximate surface area is 164 Å². The number of fused-ring (bicyclic) bond motifs is 1. The van der Waals surface area contributed by atoms with E-state index < -0.39 is 0 Å². The lowest BCUT2D eigenvalue weighted by Gasteiger charge is -2.17. The second-order valence-corrected chi connectivity index (χ2v) is 7.10. The first-order valence-corrected chi connectivity index (χ1v) is 9.48. The summed E-state index contributed by atoms with van der Waals surface area (Å²) in [6.45, 7) is 4.68. The maximum atomic E-state index is 12.7. The minimum atomic E-state index is -0.218. The summed E-state index contributed by atoms with van der Waals surface area (Å²) in [6, 6.07) is 25.8. The zero-order valence-electron chi connectivity index (χ0n) is 16.1. The highest BCUT2D eigenvalue weighted by molar-refractivity contribution is 5.94. The van der Waals surface area contributed by atoms with E-state index in [1.54, 1.807) is 0 Å². The van der Waals surface area contributed by atoms with Gasteiger partial charge in [-0.25, -0.2) is 4.98 Å². The number of para-hydroxylation sites is 2. The molecule has 0 unspecified atom stereocenters. The molecule has 0 aliphatic rings. The number of carbonyl (C=O) groups is 1. The third-order valence-electron chi connectivity index (χ3n) is 4.88. The van der Waals surface area contributed by atoms with Gasteiger partial charge in [-0.15, -0.1) is 0 Å². The normalized spacial score (nSPS) is 12.1. The molecular weight excluding hydrogens is 346 g/mol. The van der Waals surface area contributed by atoms with E-state index in [1.807, 2.05) is 74.5 Å². The number of imidazole rings is 1. The van der Waals surface area contributed by atoms with Crippen molar-refractivity contribution in [2.24, 2.45) is 0 Å². The number of aryl methyl sites for hydroxylation is 1. The lowest BCUT2D eigenvalue weighted by molar-refractivity contribution is 0.0937. The Balaban J connectivity index is 1.67. The van der Waals surface area contributed by atoms with Crippen LogP contribution in [-0.4, -0.2) is 15.5 Å². The number of nitrogens with one attached hydrogen (secondary N) is 1. The van der Waals surface area contributed by atoms with E-state index in [2.05, 4.69) is 28.1 Å². The van der Waals surface area contributed by atoms with Gasteiger partial charge in [0.1, 0.15) is 5.82 Å². The van der Waals surface area contributed by atoms with Crippen molar-refractivity contribution >= 4 is 16.9 Å². The van der Waals surface area contributed by atoms with E-state index in [4.69, 9.17) is 4.98 Å². The number of amides is 1. The molecule has 140 valence electrons. The van der Waals surface area contributed by atoms with Crippen molar-refractivity contribution in [2.75, 3.05) is 0 Å². The van der Waals surface area contributed by atoms with Gasteiger partial charge in [-0.3, -0.25) is 4.79 Å². The largest absolute Gasteiger partial charge is 0.342 e. The predicted octanol–water partition coefficient (Wildman–Crippen LogP) is 4.88. The molecule has 4 rings (SSSR count). The molecule has 1 aromatic heterocycles. The summed E-state index contributed by atoms with van der Waals surface area (Å²) in [4.78, 5) is 17.5. The highest BCUT2D eigenvalue weighted by Crippen LogP contribution is 2.22. The molecule has 4 aromatic rings. The molecule has 0 aliphatic heterocycles. The third kappa shape index (κ3) is 3.67. The number of carbonyl (C=O) groups excluding carboxylic acids is 1. The summed E-state index contributed by atoms with van der Waals surface area (Å²) < 4.78 is 2.19. The van der Waals surface area contributed by atoms with Gasteiger partial charge in [-0.1, -0.05) is 60.2 Å². The first kappa shape index (κ1) is 18.0. The van der Waals surface area contributed by atoms with Gasteiger partial charge in [-0.2, -0.15) is 0 Å². The average molecular weight is 369 g/mol. The van der Waals surface area contributed by atoms with Crippen molar-refractivity contribution < 1.29 is 4.79 Å². The number of nitrogens with zero attached hydrogens (tertiary/aromatic N) is 2. The molecule has 4 heteroatoms. The quantitative estimate of drug-likeness (QED) is 0.545. The summed E-state index contributed by atoms with van der Waals surface area (Å²) in [5.74, 6) is 0.764. The van der Waals surface area contributed by atoms with Crippen LogP contribution >= 0.6 is 0 Å². The molecule has 1 atom stereocenters. The minimum Gasteiger partial charge on any atom is -0.342 e. The lowest BCUT2D eigenvalue weighted by atomic mass is 10.1. The van der Waals surface area contributed by atoms with Crippen molar-refractivity contribution in [3.05, 3.63) is 101 Å². The Morgan fingerprint density at radius 1 is 1.00 bits per heavy atom. The van der Waals surface area contributed by atoms with Crippen molar-refractivity contribution in [1.82, 2.24) is 14.9 Å². The maximum absolute atomic E-state index is 12.7. The van der Waals surface area contributed by atoms with Crippen LogP contribution in [0.2, 0.25) is 0 Å². The molecule has 0 radical (unpaired) electrons. The molecule has 0 aliphatic carbocycles. The Kier molecular flexibility index (Phi) is 4.94. The third-order valence-corrected chi connectivity index (χ3v) is 4.88. The Hall–Kier alpha value is -3.40. The molecule has 28 heavy (non-hydrogen) atoms. The summed E-state index contributed by atoms with van der Waals surface area (Å²) in [5, 5.41) is 3.10. The molecule has 0 fully saturated rings.